The fourth-order valence-electron chi connectivity index (χ4n) is 1.27. The van der Waals surface area contributed by atoms with Gasteiger partial charge in [0.05, 0.1) is 12.4 Å². The van der Waals surface area contributed by atoms with Crippen molar-refractivity contribution in [3.05, 3.63) is 52.4 Å². The van der Waals surface area contributed by atoms with Gasteiger partial charge in [0.2, 0.25) is 5.88 Å². The highest BCUT2D eigenvalue weighted by Crippen LogP contribution is 2.12. The van der Waals surface area contributed by atoms with E-state index in [0.717, 1.165) is 10.0 Å². The molecule has 0 unspecified atom stereocenters. The minimum Gasteiger partial charge on any atom is -0.472 e. The van der Waals surface area contributed by atoms with Gasteiger partial charge in [-0.3, -0.25) is 5.41 Å². The summed E-state index contributed by atoms with van der Waals surface area (Å²) in [5, 5.41) is 7.19. The molecule has 0 fully saturated rings. The molecule has 92 valence electrons. The third-order valence-electron chi connectivity index (χ3n) is 2.20. The molecule has 18 heavy (non-hydrogen) atoms. The van der Waals surface area contributed by atoms with Gasteiger partial charge in [0.25, 0.3) is 0 Å². The number of rotatable bonds is 4. The van der Waals surface area contributed by atoms with E-state index >= 15 is 0 Å². The summed E-state index contributed by atoms with van der Waals surface area (Å²) in [5.41, 5.74) is 6.66. The third kappa shape index (κ3) is 3.27. The number of aromatic nitrogens is 2. The van der Waals surface area contributed by atoms with Gasteiger partial charge in [-0.1, -0.05) is 28.1 Å². The monoisotopic (exact) mass is 306 g/mol. The van der Waals surface area contributed by atoms with Crippen LogP contribution in [0.15, 0.2) is 41.1 Å². The summed E-state index contributed by atoms with van der Waals surface area (Å²) in [5.74, 6) is 0.296. The van der Waals surface area contributed by atoms with Gasteiger partial charge < -0.3 is 10.5 Å². The molecule has 0 atom stereocenters. The van der Waals surface area contributed by atoms with Crippen LogP contribution in [0.1, 0.15) is 11.3 Å². The van der Waals surface area contributed by atoms with E-state index < -0.39 is 0 Å². The highest BCUT2D eigenvalue weighted by molar-refractivity contribution is 9.10. The number of amidine groups is 1. The number of nitrogens with two attached hydrogens (primary N) is 1. The molecule has 0 amide bonds. The van der Waals surface area contributed by atoms with Crippen molar-refractivity contribution in [2.24, 2.45) is 5.73 Å². The van der Waals surface area contributed by atoms with Crippen LogP contribution in [0.3, 0.4) is 0 Å². The van der Waals surface area contributed by atoms with E-state index in [-0.39, 0.29) is 5.84 Å². The van der Waals surface area contributed by atoms with Crippen molar-refractivity contribution in [3.63, 3.8) is 0 Å². The van der Waals surface area contributed by atoms with E-state index in [9.17, 15) is 0 Å². The van der Waals surface area contributed by atoms with E-state index in [2.05, 4.69) is 25.9 Å². The van der Waals surface area contributed by atoms with Crippen LogP contribution in [0.25, 0.3) is 0 Å². The van der Waals surface area contributed by atoms with E-state index in [4.69, 9.17) is 15.9 Å². The fourth-order valence-corrected chi connectivity index (χ4v) is 1.53. The number of halogens is 1. The SMILES string of the molecule is N=C(N)c1cnc(OCc2ccc(Br)cc2)cn1. The molecule has 1 aromatic carbocycles. The van der Waals surface area contributed by atoms with E-state index in [1.54, 1.807) is 0 Å². The Morgan fingerprint density at radius 1 is 1.22 bits per heavy atom. The maximum Gasteiger partial charge on any atom is 0.232 e. The first kappa shape index (κ1) is 12.5. The van der Waals surface area contributed by atoms with Crippen LogP contribution < -0.4 is 10.5 Å². The zero-order chi connectivity index (χ0) is 13.0. The zero-order valence-corrected chi connectivity index (χ0v) is 11.0. The highest BCUT2D eigenvalue weighted by Gasteiger charge is 2.01. The summed E-state index contributed by atoms with van der Waals surface area (Å²) < 4.78 is 6.49. The Bertz CT molecular complexity index is 539. The van der Waals surface area contributed by atoms with E-state index in [1.807, 2.05) is 24.3 Å². The second-order valence-electron chi connectivity index (χ2n) is 3.57. The van der Waals surface area contributed by atoms with Gasteiger partial charge in [0.15, 0.2) is 0 Å². The number of nitrogens with one attached hydrogen (secondary N) is 1. The quantitative estimate of drug-likeness (QED) is 0.669. The van der Waals surface area contributed by atoms with Crippen molar-refractivity contribution in [2.75, 3.05) is 0 Å². The average Bonchev–Trinajstić information content (AvgIpc) is 2.38. The Labute approximate surface area is 113 Å². The smallest absolute Gasteiger partial charge is 0.232 e. The van der Waals surface area contributed by atoms with Crippen LogP contribution in [0.2, 0.25) is 0 Å². The first-order valence-corrected chi connectivity index (χ1v) is 5.98. The molecule has 0 saturated carbocycles. The second-order valence-corrected chi connectivity index (χ2v) is 4.48. The topological polar surface area (TPSA) is 84.9 Å². The van der Waals surface area contributed by atoms with Gasteiger partial charge in [0, 0.05) is 4.47 Å². The molecule has 6 heteroatoms. The maximum absolute atomic E-state index is 7.19. The van der Waals surface area contributed by atoms with Gasteiger partial charge in [-0.15, -0.1) is 0 Å². The first-order valence-electron chi connectivity index (χ1n) is 5.19. The Hall–Kier alpha value is -1.95. The Balaban J connectivity index is 1.97. The minimum absolute atomic E-state index is 0.109. The molecule has 0 radical (unpaired) electrons. The normalized spacial score (nSPS) is 10.1. The second kappa shape index (κ2) is 5.59. The molecule has 0 saturated heterocycles. The molecule has 0 aliphatic rings. The van der Waals surface area contributed by atoms with Crippen LogP contribution in [0, 0.1) is 5.41 Å². The van der Waals surface area contributed by atoms with Gasteiger partial charge in [0.1, 0.15) is 18.1 Å². The van der Waals surface area contributed by atoms with Crippen LogP contribution in [-0.2, 0) is 6.61 Å². The Morgan fingerprint density at radius 2 is 1.94 bits per heavy atom. The van der Waals surface area contributed by atoms with E-state index in [1.165, 1.54) is 12.4 Å². The van der Waals surface area contributed by atoms with Crippen molar-refractivity contribution in [2.45, 2.75) is 6.61 Å². The van der Waals surface area contributed by atoms with Crippen LogP contribution in [-0.4, -0.2) is 15.8 Å². The molecule has 3 N–H and O–H groups in total. The summed E-state index contributed by atoms with van der Waals surface area (Å²) >= 11 is 3.37. The lowest BCUT2D eigenvalue weighted by molar-refractivity contribution is 0.292. The fraction of sp³-hybridized carbons (Fsp3) is 0.0833. The molecule has 5 nitrogen and oxygen atoms in total. The summed E-state index contributed by atoms with van der Waals surface area (Å²) in [6.45, 7) is 0.418. The van der Waals surface area contributed by atoms with Crippen LogP contribution >= 0.6 is 15.9 Å². The zero-order valence-electron chi connectivity index (χ0n) is 9.43. The molecule has 1 aromatic heterocycles. The maximum atomic E-state index is 7.19. The molecular weight excluding hydrogens is 296 g/mol. The lowest BCUT2D eigenvalue weighted by Gasteiger charge is -2.05. The largest absolute Gasteiger partial charge is 0.472 e. The summed E-state index contributed by atoms with van der Waals surface area (Å²) in [4.78, 5) is 7.98. The van der Waals surface area contributed by atoms with Crippen molar-refractivity contribution in [3.8, 4) is 5.88 Å². The molecular formula is C12H11BrN4O. The molecule has 0 spiro atoms. The molecule has 0 aliphatic heterocycles. The highest BCUT2D eigenvalue weighted by atomic mass is 79.9. The third-order valence-corrected chi connectivity index (χ3v) is 2.73. The molecule has 0 aliphatic carbocycles. The molecule has 1 heterocycles. The number of hydrogen-bond donors (Lipinski definition) is 2. The van der Waals surface area contributed by atoms with Crippen LogP contribution in [0.5, 0.6) is 5.88 Å². The minimum atomic E-state index is -0.109. The van der Waals surface area contributed by atoms with Crippen LogP contribution in [0.4, 0.5) is 0 Å². The summed E-state index contributed by atoms with van der Waals surface area (Å²) in [6, 6.07) is 7.81. The number of hydrogen-bond acceptors (Lipinski definition) is 4. The Morgan fingerprint density at radius 3 is 2.50 bits per heavy atom. The predicted octanol–water partition coefficient (Wildman–Crippen LogP) is 2.10. The molecule has 2 aromatic rings. The lowest BCUT2D eigenvalue weighted by atomic mass is 10.2. The van der Waals surface area contributed by atoms with E-state index in [0.29, 0.717) is 18.2 Å². The predicted molar refractivity (Wildman–Crippen MR) is 71.5 cm³/mol. The van der Waals surface area contributed by atoms with Gasteiger partial charge >= 0.3 is 0 Å². The number of ether oxygens (including phenoxy) is 1. The number of nitrogen functional groups attached to an aromatic ring is 1. The van der Waals surface area contributed by atoms with Crippen molar-refractivity contribution >= 4 is 21.8 Å². The van der Waals surface area contributed by atoms with Gasteiger partial charge in [-0.2, -0.15) is 0 Å². The molecule has 2 rings (SSSR count). The van der Waals surface area contributed by atoms with Gasteiger partial charge in [-0.25, -0.2) is 9.97 Å². The number of benzene rings is 1. The summed E-state index contributed by atoms with van der Waals surface area (Å²) in [7, 11) is 0. The average molecular weight is 307 g/mol. The standard InChI is InChI=1S/C12H11BrN4O/c13-9-3-1-8(2-4-9)7-18-11-6-16-10(5-17-11)12(14)15/h1-6H,7H2,(H3,14,15). The van der Waals surface area contributed by atoms with Crippen molar-refractivity contribution in [1.82, 2.24) is 9.97 Å². The van der Waals surface area contributed by atoms with Crippen molar-refractivity contribution < 1.29 is 4.74 Å². The van der Waals surface area contributed by atoms with Crippen molar-refractivity contribution in [1.29, 1.82) is 5.41 Å². The molecule has 0 bridgehead atoms. The lowest BCUT2D eigenvalue weighted by Crippen LogP contribution is -2.13. The Kier molecular flexibility index (Phi) is 3.88. The number of nitrogens with zero attached hydrogens (tertiary/aromatic N) is 2. The van der Waals surface area contributed by atoms with Gasteiger partial charge in [-0.05, 0) is 17.7 Å². The first-order chi connectivity index (χ1) is 8.65. The summed E-state index contributed by atoms with van der Waals surface area (Å²) in [6.07, 6.45) is 2.87.